The Balaban J connectivity index is 0.00000242. The van der Waals surface area contributed by atoms with Crippen molar-refractivity contribution >= 4 is 12.0 Å². The Bertz CT molecular complexity index is 621. The van der Waals surface area contributed by atoms with Gasteiger partial charge in [0, 0.05) is 0 Å². The number of carbonyl (C=O) groups excluding carboxylic acids is 1. The van der Waals surface area contributed by atoms with Gasteiger partial charge in [-0.15, -0.1) is 0 Å². The Labute approximate surface area is 188 Å². The van der Waals surface area contributed by atoms with E-state index in [1.165, 1.54) is 13.2 Å². The van der Waals surface area contributed by atoms with E-state index in [9.17, 15) is 9.90 Å². The van der Waals surface area contributed by atoms with E-state index in [1.54, 1.807) is 24.3 Å². The number of carboxylic acid groups (broad SMARTS) is 1. The van der Waals surface area contributed by atoms with Crippen molar-refractivity contribution in [2.45, 2.75) is 6.61 Å². The summed E-state index contributed by atoms with van der Waals surface area (Å²) in [5, 5.41) is 10.7. The van der Waals surface area contributed by atoms with E-state index in [0.717, 1.165) is 5.56 Å². The summed E-state index contributed by atoms with van der Waals surface area (Å²) in [6.07, 6.45) is 1.40. The average molecular weight is 416 g/mol. The summed E-state index contributed by atoms with van der Waals surface area (Å²) in [5.74, 6) is -0.849. The van der Waals surface area contributed by atoms with E-state index >= 15 is 0 Å². The van der Waals surface area contributed by atoms with Crippen LogP contribution in [0.4, 0.5) is 0 Å². The van der Waals surface area contributed by atoms with Crippen molar-refractivity contribution < 1.29 is 88.3 Å². The van der Waals surface area contributed by atoms with Crippen LogP contribution in [0.1, 0.15) is 11.1 Å². The van der Waals surface area contributed by atoms with Gasteiger partial charge in [0.2, 0.25) is 0 Å². The maximum absolute atomic E-state index is 10.7. The summed E-state index contributed by atoms with van der Waals surface area (Å²) in [6, 6.07) is 16.9. The molecule has 0 unspecified atom stereocenters. The van der Waals surface area contributed by atoms with E-state index in [0.29, 0.717) is 17.9 Å². The first-order chi connectivity index (χ1) is 10.2. The minimum atomic E-state index is -1.35. The van der Waals surface area contributed by atoms with Crippen LogP contribution >= 0.6 is 0 Å². The number of benzene rings is 2. The van der Waals surface area contributed by atoms with Gasteiger partial charge in [-0.1, -0.05) is 42.5 Å². The largest absolute Gasteiger partial charge is 1.00 e. The summed E-state index contributed by atoms with van der Waals surface area (Å²) in [4.78, 5) is 10.7. The predicted molar refractivity (Wildman–Crippen MR) is 77.2 cm³/mol. The molecular weight excluding hydrogens is 401 g/mol. The maximum atomic E-state index is 10.7. The normalized spacial score (nSPS) is 10.5. The molecule has 0 heterocycles. The van der Waals surface area contributed by atoms with Crippen molar-refractivity contribution in [3.05, 3.63) is 71.5 Å². The molecule has 0 amide bonds. The minimum absolute atomic E-state index is 0. The molecule has 108 valence electrons. The summed E-state index contributed by atoms with van der Waals surface area (Å²) < 4.78 is 10.4. The maximum Gasteiger partial charge on any atom is 1.00 e. The van der Waals surface area contributed by atoms with Gasteiger partial charge in [-0.2, -0.15) is 0 Å². The predicted octanol–water partition coefficient (Wildman–Crippen LogP) is -0.993. The van der Waals surface area contributed by atoms with Gasteiger partial charge in [0.05, 0.1) is 7.11 Å². The summed E-state index contributed by atoms with van der Waals surface area (Å²) in [6.45, 7) is 0.485. The van der Waals surface area contributed by atoms with Gasteiger partial charge in [-0.25, -0.2) is 0 Å². The van der Waals surface area contributed by atoms with Crippen molar-refractivity contribution in [3.8, 4) is 5.75 Å². The van der Waals surface area contributed by atoms with Crippen LogP contribution < -0.4 is 78.7 Å². The zero-order chi connectivity index (χ0) is 15.1. The molecule has 0 saturated heterocycles. The first kappa shape index (κ1) is 19.3. The van der Waals surface area contributed by atoms with Crippen LogP contribution in [0.2, 0.25) is 0 Å². The number of ether oxygens (including phenoxy) is 2. The van der Waals surface area contributed by atoms with Crippen molar-refractivity contribution in [3.63, 3.8) is 0 Å². The van der Waals surface area contributed by atoms with Gasteiger partial charge in [-0.3, -0.25) is 0 Å². The number of carbonyl (C=O) groups is 1. The Morgan fingerprint density at radius 3 is 2.27 bits per heavy atom. The third-order valence-electron chi connectivity index (χ3n) is 2.85. The monoisotopic (exact) mass is 416 g/mol. The Hall–Kier alpha value is -0.698. The molecule has 5 heteroatoms. The molecule has 0 N–H and O–H groups in total. The Morgan fingerprint density at radius 1 is 1.09 bits per heavy atom. The molecule has 0 radical (unpaired) electrons. The number of hydrogen-bond donors (Lipinski definition) is 0. The topological polar surface area (TPSA) is 58.6 Å². The summed E-state index contributed by atoms with van der Waals surface area (Å²) >= 11 is 0. The van der Waals surface area contributed by atoms with Gasteiger partial charge in [-0.05, 0) is 29.3 Å². The molecule has 22 heavy (non-hydrogen) atoms. The van der Waals surface area contributed by atoms with E-state index < -0.39 is 5.97 Å². The standard InChI is InChI=1S/C17H16O4.Cs/c1-20-16(17(18)19)11-13-7-9-15(10-8-13)21-12-14-5-3-2-4-6-14;/h2-11H,12H2,1H3,(H,18,19);/q;+1/p-1. The van der Waals surface area contributed by atoms with Crippen LogP contribution in [-0.4, -0.2) is 13.1 Å². The number of methoxy groups -OCH3 is 1. The molecule has 0 aliphatic heterocycles. The van der Waals surface area contributed by atoms with E-state index in [2.05, 4.69) is 0 Å². The second kappa shape index (κ2) is 10.1. The van der Waals surface area contributed by atoms with Crippen LogP contribution in [0, 0.1) is 0 Å². The molecule has 2 rings (SSSR count). The van der Waals surface area contributed by atoms with Gasteiger partial charge >= 0.3 is 68.9 Å². The van der Waals surface area contributed by atoms with Crippen molar-refractivity contribution in [1.82, 2.24) is 0 Å². The number of hydrogen-bond acceptors (Lipinski definition) is 4. The minimum Gasteiger partial charge on any atom is -0.542 e. The average Bonchev–Trinajstić information content (AvgIpc) is 2.52. The van der Waals surface area contributed by atoms with E-state index in [-0.39, 0.29) is 74.7 Å². The molecule has 0 atom stereocenters. The molecule has 0 fully saturated rings. The zero-order valence-electron chi connectivity index (χ0n) is 12.6. The third-order valence-corrected chi connectivity index (χ3v) is 2.85. The molecule has 0 spiro atoms. The molecule has 0 aliphatic carbocycles. The zero-order valence-corrected chi connectivity index (χ0v) is 18.9. The SMILES string of the molecule is COC(=Cc1ccc(OCc2ccccc2)cc1)C(=O)[O-].[Cs+]. The number of carboxylic acids is 1. The second-order valence-corrected chi connectivity index (χ2v) is 4.34. The van der Waals surface area contributed by atoms with Crippen molar-refractivity contribution in [1.29, 1.82) is 0 Å². The number of aliphatic carboxylic acids is 1. The van der Waals surface area contributed by atoms with Crippen molar-refractivity contribution in [2.24, 2.45) is 0 Å². The van der Waals surface area contributed by atoms with Crippen LogP contribution in [-0.2, 0) is 16.1 Å². The van der Waals surface area contributed by atoms with E-state index in [1.807, 2.05) is 30.3 Å². The van der Waals surface area contributed by atoms with Crippen LogP contribution in [0.3, 0.4) is 0 Å². The molecule has 0 aromatic heterocycles. The third kappa shape index (κ3) is 6.20. The first-order valence-corrected chi connectivity index (χ1v) is 6.43. The van der Waals surface area contributed by atoms with Gasteiger partial charge in [0.25, 0.3) is 0 Å². The van der Waals surface area contributed by atoms with Crippen LogP contribution in [0.25, 0.3) is 6.08 Å². The molecule has 4 nitrogen and oxygen atoms in total. The molecular formula is C17H15CsO4. The van der Waals surface area contributed by atoms with Gasteiger partial charge in [0.1, 0.15) is 24.1 Å². The summed E-state index contributed by atoms with van der Waals surface area (Å²) in [7, 11) is 1.29. The molecule has 0 bridgehead atoms. The van der Waals surface area contributed by atoms with Crippen LogP contribution in [0.5, 0.6) is 5.75 Å². The Kier molecular flexibility index (Phi) is 8.92. The molecule has 0 aliphatic rings. The van der Waals surface area contributed by atoms with Gasteiger partial charge < -0.3 is 19.4 Å². The van der Waals surface area contributed by atoms with E-state index in [4.69, 9.17) is 9.47 Å². The van der Waals surface area contributed by atoms with Crippen molar-refractivity contribution in [2.75, 3.05) is 7.11 Å². The second-order valence-electron chi connectivity index (χ2n) is 4.34. The fraction of sp³-hybridized carbons (Fsp3) is 0.118. The fourth-order valence-corrected chi connectivity index (χ4v) is 1.75. The quantitative estimate of drug-likeness (QED) is 0.448. The van der Waals surface area contributed by atoms with Crippen LogP contribution in [0.15, 0.2) is 60.4 Å². The fourth-order valence-electron chi connectivity index (χ4n) is 1.75. The molecule has 2 aromatic rings. The number of rotatable bonds is 6. The summed E-state index contributed by atoms with van der Waals surface area (Å²) in [5.41, 5.74) is 1.78. The Morgan fingerprint density at radius 2 is 1.73 bits per heavy atom. The van der Waals surface area contributed by atoms with Gasteiger partial charge in [0.15, 0.2) is 0 Å². The smallest absolute Gasteiger partial charge is 0.542 e. The molecule has 0 saturated carbocycles. The first-order valence-electron chi connectivity index (χ1n) is 6.43. The molecule has 2 aromatic carbocycles.